The van der Waals surface area contributed by atoms with E-state index in [2.05, 4.69) is 26.9 Å². The first-order valence-electron chi connectivity index (χ1n) is 12.6. The average Bonchev–Trinajstić information content (AvgIpc) is 3.31. The van der Waals surface area contributed by atoms with Crippen LogP contribution in [0.3, 0.4) is 0 Å². The van der Waals surface area contributed by atoms with Crippen LogP contribution in [0.15, 0.2) is 85.1 Å². The third-order valence-electron chi connectivity index (χ3n) is 6.87. The minimum Gasteiger partial charge on any atom is -0.497 e. The molecule has 2 amide bonds. The summed E-state index contributed by atoms with van der Waals surface area (Å²) in [5.41, 5.74) is 3.94. The molecule has 1 saturated heterocycles. The Balaban J connectivity index is 1.21. The van der Waals surface area contributed by atoms with Crippen LogP contribution in [-0.2, 0) is 17.9 Å². The van der Waals surface area contributed by atoms with Crippen LogP contribution in [0.5, 0.6) is 5.75 Å². The van der Waals surface area contributed by atoms with Crippen molar-refractivity contribution in [3.8, 4) is 5.75 Å². The van der Waals surface area contributed by atoms with E-state index in [4.69, 9.17) is 4.74 Å². The maximum absolute atomic E-state index is 13.6. The number of hydrogen-bond acceptors (Lipinski definition) is 4. The minimum atomic E-state index is 0.00393. The second-order valence-electron chi connectivity index (χ2n) is 9.37. The number of methoxy groups -OCH3 is 1. The van der Waals surface area contributed by atoms with Gasteiger partial charge in [0.15, 0.2) is 0 Å². The normalized spacial score (nSPS) is 14.0. The van der Waals surface area contributed by atoms with Gasteiger partial charge in [-0.05, 0) is 29.3 Å². The van der Waals surface area contributed by atoms with Crippen LogP contribution in [0.25, 0.3) is 10.9 Å². The summed E-state index contributed by atoms with van der Waals surface area (Å²) in [4.78, 5) is 30.0. The molecule has 37 heavy (non-hydrogen) atoms. The Bertz CT molecular complexity index is 1370. The van der Waals surface area contributed by atoms with Crippen molar-refractivity contribution >= 4 is 22.7 Å². The highest BCUT2D eigenvalue weighted by Crippen LogP contribution is 2.25. The Labute approximate surface area is 217 Å². The minimum absolute atomic E-state index is 0.00393. The Morgan fingerprint density at radius 1 is 0.865 bits per heavy atom. The highest BCUT2D eigenvalue weighted by atomic mass is 16.5. The summed E-state index contributed by atoms with van der Waals surface area (Å²) in [5, 5.41) is 3.94. The molecule has 1 aliphatic rings. The maximum atomic E-state index is 13.6. The number of carbonyl (C=O) groups is 2. The molecule has 0 bridgehead atoms. The third kappa shape index (κ3) is 5.84. The number of piperazine rings is 1. The van der Waals surface area contributed by atoms with Gasteiger partial charge in [-0.25, -0.2) is 0 Å². The number of nitrogens with one attached hydrogen (secondary N) is 1. The molecule has 3 aromatic carbocycles. The summed E-state index contributed by atoms with van der Waals surface area (Å²) in [5.74, 6) is 0.856. The van der Waals surface area contributed by atoms with Gasteiger partial charge in [0.25, 0.3) is 5.91 Å². The van der Waals surface area contributed by atoms with Crippen molar-refractivity contribution in [1.29, 1.82) is 0 Å². The average molecular weight is 497 g/mol. The number of aromatic nitrogens is 1. The van der Waals surface area contributed by atoms with E-state index in [1.54, 1.807) is 7.11 Å². The third-order valence-corrected chi connectivity index (χ3v) is 6.87. The van der Waals surface area contributed by atoms with Crippen LogP contribution < -0.4 is 10.1 Å². The molecule has 0 aliphatic carbocycles. The van der Waals surface area contributed by atoms with Gasteiger partial charge in [-0.15, -0.1) is 0 Å². The van der Waals surface area contributed by atoms with Gasteiger partial charge in [0, 0.05) is 56.4 Å². The van der Waals surface area contributed by atoms with E-state index in [0.717, 1.165) is 27.8 Å². The van der Waals surface area contributed by atoms with Gasteiger partial charge in [0.2, 0.25) is 5.91 Å². The number of rotatable bonds is 8. The summed E-state index contributed by atoms with van der Waals surface area (Å²) in [7, 11) is 1.66. The number of amides is 2. The fraction of sp³-hybridized carbons (Fsp3) is 0.267. The molecule has 1 aliphatic heterocycles. The number of para-hydroxylation sites is 1. The van der Waals surface area contributed by atoms with E-state index in [0.29, 0.717) is 51.4 Å². The molecule has 4 aromatic rings. The molecule has 0 unspecified atom stereocenters. The van der Waals surface area contributed by atoms with Crippen LogP contribution in [0.4, 0.5) is 0 Å². The van der Waals surface area contributed by atoms with Crippen molar-refractivity contribution in [1.82, 2.24) is 19.7 Å². The summed E-state index contributed by atoms with van der Waals surface area (Å²) >= 11 is 0. The highest BCUT2D eigenvalue weighted by Gasteiger charge is 2.25. The molecule has 190 valence electrons. The summed E-state index contributed by atoms with van der Waals surface area (Å²) < 4.78 is 7.50. The lowest BCUT2D eigenvalue weighted by Gasteiger charge is -2.34. The van der Waals surface area contributed by atoms with Crippen molar-refractivity contribution in [2.75, 3.05) is 39.8 Å². The van der Waals surface area contributed by atoms with Crippen molar-refractivity contribution in [3.05, 3.63) is 102 Å². The monoisotopic (exact) mass is 496 g/mol. The van der Waals surface area contributed by atoms with Crippen molar-refractivity contribution in [2.24, 2.45) is 0 Å². The molecule has 7 heteroatoms. The van der Waals surface area contributed by atoms with Gasteiger partial charge in [-0.2, -0.15) is 0 Å². The fourth-order valence-electron chi connectivity index (χ4n) is 4.85. The molecule has 0 atom stereocenters. The van der Waals surface area contributed by atoms with Crippen LogP contribution >= 0.6 is 0 Å². The van der Waals surface area contributed by atoms with E-state index < -0.39 is 0 Å². The molecule has 0 radical (unpaired) electrons. The van der Waals surface area contributed by atoms with E-state index in [9.17, 15) is 9.59 Å². The van der Waals surface area contributed by atoms with Gasteiger partial charge in [-0.1, -0.05) is 60.7 Å². The number of ether oxygens (including phenoxy) is 1. The first kappa shape index (κ1) is 24.6. The maximum Gasteiger partial charge on any atom is 0.256 e. The van der Waals surface area contributed by atoms with Crippen LogP contribution in [-0.4, -0.2) is 66.0 Å². The topological polar surface area (TPSA) is 66.8 Å². The Morgan fingerprint density at radius 3 is 2.38 bits per heavy atom. The Morgan fingerprint density at radius 2 is 1.59 bits per heavy atom. The summed E-state index contributed by atoms with van der Waals surface area (Å²) in [6.45, 7) is 4.06. The summed E-state index contributed by atoms with van der Waals surface area (Å²) in [6.07, 6.45) is 1.97. The second kappa shape index (κ2) is 11.3. The van der Waals surface area contributed by atoms with Crippen molar-refractivity contribution in [3.63, 3.8) is 0 Å². The highest BCUT2D eigenvalue weighted by molar-refractivity contribution is 6.07. The quantitative estimate of drug-likeness (QED) is 0.403. The van der Waals surface area contributed by atoms with Gasteiger partial charge in [-0.3, -0.25) is 14.5 Å². The Hall–Kier alpha value is -4.10. The molecule has 1 N–H and O–H groups in total. The molecule has 0 saturated carbocycles. The first-order chi connectivity index (χ1) is 18.1. The van der Waals surface area contributed by atoms with Crippen LogP contribution in [0.2, 0.25) is 0 Å². The van der Waals surface area contributed by atoms with Crippen molar-refractivity contribution in [2.45, 2.75) is 13.1 Å². The summed E-state index contributed by atoms with van der Waals surface area (Å²) in [6, 6.07) is 25.9. The molecule has 1 fully saturated rings. The first-order valence-corrected chi connectivity index (χ1v) is 12.6. The zero-order valence-electron chi connectivity index (χ0n) is 21.1. The van der Waals surface area contributed by atoms with Crippen LogP contribution in [0.1, 0.15) is 21.5 Å². The standard InChI is InChI=1S/C30H32N4O3/c1-37-25-11-7-10-24(18-25)20-34-21-27(26-12-5-6-13-28(26)34)30(36)33-16-14-32(15-17-33)22-29(35)31-19-23-8-3-2-4-9-23/h2-13,18,21H,14-17,19-20,22H2,1H3,(H,31,35). The molecular formula is C30H32N4O3. The van der Waals surface area contributed by atoms with E-state index in [-0.39, 0.29) is 11.8 Å². The lowest BCUT2D eigenvalue weighted by molar-refractivity contribution is -0.122. The molecule has 1 aromatic heterocycles. The van der Waals surface area contributed by atoms with Gasteiger partial charge in [0.05, 0.1) is 19.2 Å². The van der Waals surface area contributed by atoms with E-state index in [1.807, 2.05) is 77.8 Å². The number of carbonyl (C=O) groups excluding carboxylic acids is 2. The number of fused-ring (bicyclic) bond motifs is 1. The lowest BCUT2D eigenvalue weighted by Crippen LogP contribution is -2.51. The van der Waals surface area contributed by atoms with E-state index in [1.165, 1.54) is 0 Å². The SMILES string of the molecule is COc1cccc(Cn2cc(C(=O)N3CCN(CC(=O)NCc4ccccc4)CC3)c3ccccc32)c1. The molecular weight excluding hydrogens is 464 g/mol. The van der Waals surface area contributed by atoms with Gasteiger partial charge < -0.3 is 19.5 Å². The number of benzene rings is 3. The van der Waals surface area contributed by atoms with Crippen molar-refractivity contribution < 1.29 is 14.3 Å². The fourth-order valence-corrected chi connectivity index (χ4v) is 4.85. The number of hydrogen-bond donors (Lipinski definition) is 1. The molecule has 2 heterocycles. The Kier molecular flexibility index (Phi) is 7.51. The zero-order chi connectivity index (χ0) is 25.6. The largest absolute Gasteiger partial charge is 0.497 e. The van der Waals surface area contributed by atoms with Crippen LogP contribution in [0, 0.1) is 0 Å². The zero-order valence-corrected chi connectivity index (χ0v) is 21.1. The van der Waals surface area contributed by atoms with Gasteiger partial charge >= 0.3 is 0 Å². The van der Waals surface area contributed by atoms with E-state index >= 15 is 0 Å². The smallest absolute Gasteiger partial charge is 0.256 e. The lowest BCUT2D eigenvalue weighted by atomic mass is 10.1. The predicted octanol–water partition coefficient (Wildman–Crippen LogP) is 3.77. The predicted molar refractivity (Wildman–Crippen MR) is 145 cm³/mol. The molecule has 5 rings (SSSR count). The second-order valence-corrected chi connectivity index (χ2v) is 9.37. The molecule has 0 spiro atoms. The van der Waals surface area contributed by atoms with Gasteiger partial charge in [0.1, 0.15) is 5.75 Å². The number of nitrogens with zero attached hydrogens (tertiary/aromatic N) is 3. The molecule has 7 nitrogen and oxygen atoms in total.